The molecule has 0 aromatic rings. The maximum absolute atomic E-state index is 11.7. The van der Waals surface area contributed by atoms with Gasteiger partial charge in [-0.2, -0.15) is 8.42 Å². The highest BCUT2D eigenvalue weighted by Gasteiger charge is 2.47. The highest BCUT2D eigenvalue weighted by Crippen LogP contribution is 2.29. The van der Waals surface area contributed by atoms with Crippen molar-refractivity contribution >= 4 is 22.1 Å². The molecular weight excluding hydrogens is 484 g/mol. The second-order valence-corrected chi connectivity index (χ2v) is 11.9. The summed E-state index contributed by atoms with van der Waals surface area (Å²) in [7, 11) is -4.28. The number of carboxylic acids is 2. The molecule has 9 heteroatoms. The Morgan fingerprint density at radius 1 is 0.667 bits per heavy atom. The van der Waals surface area contributed by atoms with E-state index in [1.165, 1.54) is 83.5 Å². The zero-order valence-corrected chi connectivity index (χ0v) is 23.3. The van der Waals surface area contributed by atoms with Gasteiger partial charge >= 0.3 is 11.9 Å². The van der Waals surface area contributed by atoms with Crippen molar-refractivity contribution in [2.75, 3.05) is 5.75 Å². The Hall–Kier alpha value is -1.19. The van der Waals surface area contributed by atoms with E-state index in [-0.39, 0.29) is 19.3 Å². The van der Waals surface area contributed by atoms with Crippen LogP contribution in [0, 0.1) is 5.92 Å². The Morgan fingerprint density at radius 3 is 1.33 bits per heavy atom. The number of carboxylic acid groups (broad SMARTS) is 2. The van der Waals surface area contributed by atoms with Gasteiger partial charge in [0.25, 0.3) is 10.1 Å². The van der Waals surface area contributed by atoms with Crippen molar-refractivity contribution in [1.29, 1.82) is 0 Å². The van der Waals surface area contributed by atoms with Crippen LogP contribution in [-0.2, 0) is 19.7 Å². The summed E-state index contributed by atoms with van der Waals surface area (Å²) in [6, 6.07) is 0. The smallest absolute Gasteiger partial charge is 0.336 e. The molecule has 2 atom stereocenters. The topological polar surface area (TPSA) is 149 Å². The fourth-order valence-corrected chi connectivity index (χ4v) is 5.29. The first-order chi connectivity index (χ1) is 17.0. The first kappa shape index (κ1) is 34.8. The largest absolute Gasteiger partial charge is 0.481 e. The lowest BCUT2D eigenvalue weighted by atomic mass is 9.80. The molecule has 2 unspecified atom stereocenters. The average Bonchev–Trinajstić information content (AvgIpc) is 2.79. The fraction of sp³-hybridized carbons (Fsp3) is 0.926. The van der Waals surface area contributed by atoms with Crippen molar-refractivity contribution < 1.29 is 37.9 Å². The van der Waals surface area contributed by atoms with Crippen LogP contribution in [0.4, 0.5) is 0 Å². The normalized spacial score (nSPS) is 14.4. The van der Waals surface area contributed by atoms with Crippen molar-refractivity contribution in [3.63, 3.8) is 0 Å². The van der Waals surface area contributed by atoms with Gasteiger partial charge in [0.1, 0.15) is 0 Å². The molecule has 0 spiro atoms. The second kappa shape index (κ2) is 20.8. The minimum Gasteiger partial charge on any atom is -0.481 e. The van der Waals surface area contributed by atoms with E-state index in [9.17, 15) is 33.3 Å². The SMILES string of the molecule is CCCCCCCCCCCCCCCCCCCCC(O)(C(=O)O)C(CCCS(=O)(=O)O)C(=O)O. The molecule has 0 fully saturated rings. The van der Waals surface area contributed by atoms with Crippen LogP contribution in [0.1, 0.15) is 142 Å². The van der Waals surface area contributed by atoms with Crippen LogP contribution < -0.4 is 0 Å². The van der Waals surface area contributed by atoms with E-state index in [2.05, 4.69) is 6.92 Å². The molecular formula is C27H52O8S. The van der Waals surface area contributed by atoms with Gasteiger partial charge in [0.05, 0.1) is 11.7 Å². The molecule has 0 aliphatic heterocycles. The van der Waals surface area contributed by atoms with Crippen LogP contribution in [0.3, 0.4) is 0 Å². The zero-order chi connectivity index (χ0) is 27.3. The lowest BCUT2D eigenvalue weighted by Crippen LogP contribution is -2.49. The minimum atomic E-state index is -4.28. The quantitative estimate of drug-likeness (QED) is 0.0713. The molecule has 0 bridgehead atoms. The first-order valence-corrected chi connectivity index (χ1v) is 15.8. The van der Waals surface area contributed by atoms with Crippen LogP contribution in [0.5, 0.6) is 0 Å². The Labute approximate surface area is 219 Å². The Kier molecular flexibility index (Phi) is 20.1. The first-order valence-electron chi connectivity index (χ1n) is 14.2. The molecule has 0 aromatic heterocycles. The molecule has 36 heavy (non-hydrogen) atoms. The van der Waals surface area contributed by atoms with Crippen molar-refractivity contribution in [1.82, 2.24) is 0 Å². The van der Waals surface area contributed by atoms with Gasteiger partial charge in [0.15, 0.2) is 5.60 Å². The third-order valence-corrected chi connectivity index (χ3v) is 7.86. The van der Waals surface area contributed by atoms with Gasteiger partial charge in [-0.25, -0.2) is 4.79 Å². The van der Waals surface area contributed by atoms with E-state index in [4.69, 9.17) is 4.55 Å². The summed E-state index contributed by atoms with van der Waals surface area (Å²) >= 11 is 0. The molecule has 0 heterocycles. The van der Waals surface area contributed by atoms with Crippen LogP contribution in [0.15, 0.2) is 0 Å². The van der Waals surface area contributed by atoms with Crippen molar-refractivity contribution in [2.24, 2.45) is 5.92 Å². The summed E-state index contributed by atoms with van der Waals surface area (Å²) < 4.78 is 30.5. The lowest BCUT2D eigenvalue weighted by Gasteiger charge is -2.29. The van der Waals surface area contributed by atoms with Crippen molar-refractivity contribution in [3.05, 3.63) is 0 Å². The van der Waals surface area contributed by atoms with E-state index in [1.807, 2.05) is 0 Å². The minimum absolute atomic E-state index is 0.204. The summed E-state index contributed by atoms with van der Waals surface area (Å²) in [5.41, 5.74) is -2.46. The molecule has 0 amide bonds. The Bertz CT molecular complexity index is 679. The predicted molar refractivity (Wildman–Crippen MR) is 143 cm³/mol. The van der Waals surface area contributed by atoms with Crippen molar-refractivity contribution in [3.8, 4) is 0 Å². The van der Waals surface area contributed by atoms with Crippen LogP contribution in [-0.4, -0.2) is 51.6 Å². The summed E-state index contributed by atoms with van der Waals surface area (Å²) in [5, 5.41) is 29.5. The molecule has 214 valence electrons. The molecule has 8 nitrogen and oxygen atoms in total. The van der Waals surface area contributed by atoms with Crippen LogP contribution in [0.2, 0.25) is 0 Å². The third kappa shape index (κ3) is 18.1. The number of carbonyl (C=O) groups is 2. The number of unbranched alkanes of at least 4 members (excludes halogenated alkanes) is 17. The predicted octanol–water partition coefficient (Wildman–Crippen LogP) is 6.60. The summed E-state index contributed by atoms with van der Waals surface area (Å²) in [5.74, 6) is -5.42. The standard InChI is InChI=1S/C27H52O8S/c1-2-3-4-5-6-7-8-9-10-11-12-13-14-15-16-17-18-19-22-27(32,26(30)31)24(25(28)29)21-20-23-36(33,34)35/h24,32H,2-23H2,1H3,(H,28,29)(H,30,31)(H,33,34,35). The van der Waals surface area contributed by atoms with Gasteiger partial charge in [0, 0.05) is 0 Å². The van der Waals surface area contributed by atoms with E-state index in [0.717, 1.165) is 19.3 Å². The molecule has 0 radical (unpaired) electrons. The highest BCUT2D eigenvalue weighted by atomic mass is 32.2. The van der Waals surface area contributed by atoms with Gasteiger partial charge in [-0.15, -0.1) is 0 Å². The van der Waals surface area contributed by atoms with Gasteiger partial charge in [-0.05, 0) is 25.7 Å². The van der Waals surface area contributed by atoms with Gasteiger partial charge in [-0.1, -0.05) is 116 Å². The highest BCUT2D eigenvalue weighted by molar-refractivity contribution is 7.85. The maximum atomic E-state index is 11.7. The molecule has 4 N–H and O–H groups in total. The fourth-order valence-electron chi connectivity index (χ4n) is 4.76. The van der Waals surface area contributed by atoms with Crippen LogP contribution in [0.25, 0.3) is 0 Å². The molecule has 0 rings (SSSR count). The number of hydrogen-bond donors (Lipinski definition) is 4. The lowest BCUT2D eigenvalue weighted by molar-refractivity contribution is -0.176. The van der Waals surface area contributed by atoms with Crippen LogP contribution >= 0.6 is 0 Å². The Morgan fingerprint density at radius 2 is 1.03 bits per heavy atom. The molecule has 0 aliphatic rings. The summed E-state index contributed by atoms with van der Waals surface area (Å²) in [4.78, 5) is 23.2. The number of aliphatic hydroxyl groups is 1. The van der Waals surface area contributed by atoms with E-state index < -0.39 is 39.3 Å². The number of aliphatic carboxylic acids is 2. The van der Waals surface area contributed by atoms with E-state index in [0.29, 0.717) is 12.8 Å². The number of rotatable bonds is 26. The summed E-state index contributed by atoms with van der Waals surface area (Å²) in [6.45, 7) is 2.25. The average molecular weight is 537 g/mol. The third-order valence-electron chi connectivity index (χ3n) is 7.05. The van der Waals surface area contributed by atoms with E-state index in [1.54, 1.807) is 0 Å². The monoisotopic (exact) mass is 536 g/mol. The molecule has 0 aromatic carbocycles. The summed E-state index contributed by atoms with van der Waals surface area (Å²) in [6.07, 6.45) is 20.6. The van der Waals surface area contributed by atoms with Gasteiger partial charge in [0.2, 0.25) is 0 Å². The van der Waals surface area contributed by atoms with Crippen molar-refractivity contribution in [2.45, 2.75) is 147 Å². The molecule has 0 saturated heterocycles. The van der Waals surface area contributed by atoms with Gasteiger partial charge < -0.3 is 15.3 Å². The maximum Gasteiger partial charge on any atom is 0.336 e. The molecule has 0 aliphatic carbocycles. The Balaban J connectivity index is 3.90. The zero-order valence-electron chi connectivity index (χ0n) is 22.5. The van der Waals surface area contributed by atoms with E-state index >= 15 is 0 Å². The second-order valence-electron chi connectivity index (χ2n) is 10.3. The van der Waals surface area contributed by atoms with Gasteiger partial charge in [-0.3, -0.25) is 9.35 Å². The number of hydrogen-bond acceptors (Lipinski definition) is 5. The molecule has 0 saturated carbocycles.